The first kappa shape index (κ1) is 19.3. The minimum atomic E-state index is 0.103. The van der Waals surface area contributed by atoms with Gasteiger partial charge in [0.05, 0.1) is 0 Å². The molecule has 3 heteroatoms. The molecule has 4 rings (SSSR count). The van der Waals surface area contributed by atoms with Crippen LogP contribution < -0.4 is 9.80 Å². The molecule has 1 amide bonds. The lowest BCUT2D eigenvalue weighted by atomic mass is 9.91. The minimum Gasteiger partial charge on any atom is -0.378 e. The van der Waals surface area contributed by atoms with Crippen LogP contribution in [0.5, 0.6) is 0 Å². The first-order valence-electron chi connectivity index (χ1n) is 10.4. The van der Waals surface area contributed by atoms with E-state index in [0.29, 0.717) is 0 Å². The number of nitrogens with zero attached hydrogens (tertiary/aromatic N) is 2. The van der Waals surface area contributed by atoms with E-state index in [4.69, 9.17) is 0 Å². The van der Waals surface area contributed by atoms with Crippen LogP contribution >= 0.6 is 0 Å². The molecule has 1 heterocycles. The maximum absolute atomic E-state index is 13.4. The van der Waals surface area contributed by atoms with E-state index in [1.807, 2.05) is 41.3 Å². The van der Waals surface area contributed by atoms with Crippen molar-refractivity contribution in [1.82, 2.24) is 0 Å². The number of anilines is 2. The number of fused-ring (bicyclic) bond motifs is 1. The number of amides is 1. The number of hydrogen-bond acceptors (Lipinski definition) is 2. The molecule has 3 aromatic carbocycles. The maximum atomic E-state index is 13.4. The fraction of sp³-hybridized carbons (Fsp3) is 0.269. The second-order valence-electron chi connectivity index (χ2n) is 7.96. The SMILES string of the molecule is CN(C)c1ccc(CC[C@H]2CCc3ccccc3N2C(=O)c2ccccc2)cc1. The highest BCUT2D eigenvalue weighted by molar-refractivity contribution is 6.07. The van der Waals surface area contributed by atoms with Gasteiger partial charge in [-0.25, -0.2) is 0 Å². The van der Waals surface area contributed by atoms with Gasteiger partial charge >= 0.3 is 0 Å². The Hall–Kier alpha value is -3.07. The molecule has 0 spiro atoms. The van der Waals surface area contributed by atoms with Crippen molar-refractivity contribution in [3.63, 3.8) is 0 Å². The van der Waals surface area contributed by atoms with Gasteiger partial charge in [0.15, 0.2) is 0 Å². The summed E-state index contributed by atoms with van der Waals surface area (Å²) in [4.78, 5) is 17.6. The van der Waals surface area contributed by atoms with E-state index in [2.05, 4.69) is 61.5 Å². The molecule has 0 fully saturated rings. The summed E-state index contributed by atoms with van der Waals surface area (Å²) in [6, 6.07) is 26.9. The lowest BCUT2D eigenvalue weighted by molar-refractivity contribution is 0.0971. The second-order valence-corrected chi connectivity index (χ2v) is 7.96. The third-order valence-electron chi connectivity index (χ3n) is 5.82. The molecule has 1 atom stereocenters. The van der Waals surface area contributed by atoms with Gasteiger partial charge in [0.25, 0.3) is 5.91 Å². The fourth-order valence-electron chi connectivity index (χ4n) is 4.17. The molecule has 0 aliphatic carbocycles. The molecule has 0 aromatic heterocycles. The van der Waals surface area contributed by atoms with Gasteiger partial charge in [0.1, 0.15) is 0 Å². The lowest BCUT2D eigenvalue weighted by Crippen LogP contribution is -2.44. The van der Waals surface area contributed by atoms with Gasteiger partial charge in [0, 0.05) is 37.1 Å². The summed E-state index contributed by atoms with van der Waals surface area (Å²) in [5, 5.41) is 0. The zero-order valence-electron chi connectivity index (χ0n) is 17.2. The van der Waals surface area contributed by atoms with Crippen LogP contribution in [0.25, 0.3) is 0 Å². The number of carbonyl (C=O) groups is 1. The quantitative estimate of drug-likeness (QED) is 0.592. The van der Waals surface area contributed by atoms with E-state index in [-0.39, 0.29) is 11.9 Å². The number of para-hydroxylation sites is 1. The van der Waals surface area contributed by atoms with Crippen LogP contribution in [0.15, 0.2) is 78.9 Å². The highest BCUT2D eigenvalue weighted by Gasteiger charge is 2.31. The van der Waals surface area contributed by atoms with Crippen LogP contribution in [-0.4, -0.2) is 26.0 Å². The monoisotopic (exact) mass is 384 g/mol. The Labute approximate surface area is 173 Å². The van der Waals surface area contributed by atoms with Gasteiger partial charge in [-0.2, -0.15) is 0 Å². The average molecular weight is 385 g/mol. The number of carbonyl (C=O) groups excluding carboxylic acids is 1. The molecule has 0 saturated heterocycles. The summed E-state index contributed by atoms with van der Waals surface area (Å²) >= 11 is 0. The van der Waals surface area contributed by atoms with Gasteiger partial charge in [-0.1, -0.05) is 48.5 Å². The highest BCUT2D eigenvalue weighted by atomic mass is 16.2. The summed E-state index contributed by atoms with van der Waals surface area (Å²) in [7, 11) is 4.11. The van der Waals surface area contributed by atoms with Crippen LogP contribution in [0.1, 0.15) is 34.3 Å². The molecule has 0 saturated carbocycles. The number of aryl methyl sites for hydroxylation is 2. The van der Waals surface area contributed by atoms with Crippen molar-refractivity contribution in [2.45, 2.75) is 31.7 Å². The maximum Gasteiger partial charge on any atom is 0.258 e. The minimum absolute atomic E-state index is 0.103. The van der Waals surface area contributed by atoms with Crippen molar-refractivity contribution >= 4 is 17.3 Å². The molecule has 3 nitrogen and oxygen atoms in total. The van der Waals surface area contributed by atoms with Gasteiger partial charge in [0.2, 0.25) is 0 Å². The van der Waals surface area contributed by atoms with E-state index in [9.17, 15) is 4.79 Å². The van der Waals surface area contributed by atoms with Crippen molar-refractivity contribution in [1.29, 1.82) is 0 Å². The fourth-order valence-corrected chi connectivity index (χ4v) is 4.17. The summed E-state index contributed by atoms with van der Waals surface area (Å²) in [6.45, 7) is 0. The van der Waals surface area contributed by atoms with Gasteiger partial charge in [-0.15, -0.1) is 0 Å². The first-order chi connectivity index (χ1) is 14.1. The predicted molar refractivity (Wildman–Crippen MR) is 121 cm³/mol. The van der Waals surface area contributed by atoms with Crippen molar-refractivity contribution in [3.8, 4) is 0 Å². The predicted octanol–water partition coefficient (Wildman–Crippen LogP) is 5.35. The van der Waals surface area contributed by atoms with Gasteiger partial charge < -0.3 is 9.80 Å². The van der Waals surface area contributed by atoms with Crippen LogP contribution in [-0.2, 0) is 12.8 Å². The van der Waals surface area contributed by atoms with E-state index in [1.54, 1.807) is 0 Å². The molecule has 1 aliphatic rings. The zero-order valence-corrected chi connectivity index (χ0v) is 17.2. The third-order valence-corrected chi connectivity index (χ3v) is 5.82. The Morgan fingerprint density at radius 2 is 1.62 bits per heavy atom. The van der Waals surface area contributed by atoms with E-state index in [1.165, 1.54) is 16.8 Å². The molecule has 0 bridgehead atoms. The van der Waals surface area contributed by atoms with Crippen LogP contribution in [0.2, 0.25) is 0 Å². The van der Waals surface area contributed by atoms with Crippen molar-refractivity contribution in [2.75, 3.05) is 23.9 Å². The third kappa shape index (κ3) is 4.19. The molecule has 0 radical (unpaired) electrons. The van der Waals surface area contributed by atoms with E-state index in [0.717, 1.165) is 36.9 Å². The van der Waals surface area contributed by atoms with Crippen molar-refractivity contribution in [2.24, 2.45) is 0 Å². The standard InChI is InChI=1S/C26H28N2O/c1-27(2)23-16-12-20(13-17-23)14-18-24-19-15-21-8-6-7-11-25(21)28(24)26(29)22-9-4-3-5-10-22/h3-13,16-17,24H,14-15,18-19H2,1-2H3/t24-/m0/s1. The topological polar surface area (TPSA) is 23.6 Å². The Kier molecular flexibility index (Phi) is 5.66. The zero-order chi connectivity index (χ0) is 20.2. The number of rotatable bonds is 5. The summed E-state index contributed by atoms with van der Waals surface area (Å²) in [5.41, 5.74) is 5.62. The van der Waals surface area contributed by atoms with Gasteiger partial charge in [-0.05, 0) is 67.1 Å². The Morgan fingerprint density at radius 1 is 0.931 bits per heavy atom. The molecule has 1 aliphatic heterocycles. The first-order valence-corrected chi connectivity index (χ1v) is 10.4. The van der Waals surface area contributed by atoms with Crippen LogP contribution in [0.3, 0.4) is 0 Å². The Balaban J connectivity index is 1.57. The molecule has 0 unspecified atom stereocenters. The average Bonchev–Trinajstić information content (AvgIpc) is 2.77. The Morgan fingerprint density at radius 3 is 2.34 bits per heavy atom. The van der Waals surface area contributed by atoms with E-state index >= 15 is 0 Å². The summed E-state index contributed by atoms with van der Waals surface area (Å²) in [5.74, 6) is 0.103. The van der Waals surface area contributed by atoms with Crippen LogP contribution in [0.4, 0.5) is 11.4 Å². The number of benzene rings is 3. The van der Waals surface area contributed by atoms with Crippen molar-refractivity contribution < 1.29 is 4.79 Å². The van der Waals surface area contributed by atoms with Crippen LogP contribution in [0, 0.1) is 0 Å². The molecular formula is C26H28N2O. The summed E-state index contributed by atoms with van der Waals surface area (Å²) < 4.78 is 0. The summed E-state index contributed by atoms with van der Waals surface area (Å²) in [6.07, 6.45) is 3.97. The molecule has 0 N–H and O–H groups in total. The molecule has 29 heavy (non-hydrogen) atoms. The second kappa shape index (κ2) is 8.52. The van der Waals surface area contributed by atoms with Gasteiger partial charge in [-0.3, -0.25) is 4.79 Å². The Bertz CT molecular complexity index is 964. The van der Waals surface area contributed by atoms with E-state index < -0.39 is 0 Å². The molecule has 148 valence electrons. The van der Waals surface area contributed by atoms with Crippen molar-refractivity contribution in [3.05, 3.63) is 95.6 Å². The molecular weight excluding hydrogens is 356 g/mol. The lowest BCUT2D eigenvalue weighted by Gasteiger charge is -2.37. The number of hydrogen-bond donors (Lipinski definition) is 0. The largest absolute Gasteiger partial charge is 0.378 e. The normalized spacial score (nSPS) is 15.7. The molecule has 3 aromatic rings. The highest BCUT2D eigenvalue weighted by Crippen LogP contribution is 2.33. The smallest absolute Gasteiger partial charge is 0.258 e.